The number of rotatable bonds is 5. The van der Waals surface area contributed by atoms with E-state index in [4.69, 9.17) is 4.74 Å². The van der Waals surface area contributed by atoms with Crippen LogP contribution in [-0.4, -0.2) is 67.5 Å². The van der Waals surface area contributed by atoms with Crippen molar-refractivity contribution in [3.8, 4) is 5.75 Å². The summed E-state index contributed by atoms with van der Waals surface area (Å²) >= 11 is 0. The molecule has 0 atom stereocenters. The summed E-state index contributed by atoms with van der Waals surface area (Å²) in [4.78, 5) is 31.0. The number of piperazine rings is 1. The maximum absolute atomic E-state index is 12.9. The average molecular weight is 411 g/mol. The molecule has 158 valence electrons. The molecule has 2 aliphatic heterocycles. The molecule has 1 fully saturated rings. The van der Waals surface area contributed by atoms with Gasteiger partial charge in [-0.25, -0.2) is 4.39 Å². The summed E-state index contributed by atoms with van der Waals surface area (Å²) in [5.41, 5.74) is 2.26. The minimum absolute atomic E-state index is 0.0743. The maximum Gasteiger partial charge on any atom is 0.260 e. The highest BCUT2D eigenvalue weighted by Crippen LogP contribution is 2.26. The van der Waals surface area contributed by atoms with E-state index in [-0.39, 0.29) is 24.2 Å². The Bertz CT molecular complexity index is 895. The number of aryl methyl sites for hydroxylation is 1. The fraction of sp³-hybridized carbons (Fsp3) is 0.391. The summed E-state index contributed by atoms with van der Waals surface area (Å²) in [6, 6.07) is 13.7. The van der Waals surface area contributed by atoms with Crippen LogP contribution in [0.3, 0.4) is 0 Å². The van der Waals surface area contributed by atoms with Crippen molar-refractivity contribution in [3.63, 3.8) is 0 Å². The van der Waals surface area contributed by atoms with E-state index in [0.29, 0.717) is 38.5 Å². The first kappa shape index (κ1) is 20.3. The summed E-state index contributed by atoms with van der Waals surface area (Å²) in [6.45, 7) is 3.49. The molecule has 2 aliphatic rings. The number of para-hydroxylation sites is 1. The summed E-state index contributed by atoms with van der Waals surface area (Å²) < 4.78 is 18.4. The second-order valence-electron chi connectivity index (χ2n) is 7.68. The molecule has 4 rings (SSSR count). The molecule has 0 aromatic heterocycles. The van der Waals surface area contributed by atoms with Gasteiger partial charge in [0, 0.05) is 38.4 Å². The number of nitrogens with zero attached hydrogens (tertiary/aromatic N) is 3. The van der Waals surface area contributed by atoms with Gasteiger partial charge in [-0.15, -0.1) is 0 Å². The number of amides is 2. The third-order valence-corrected chi connectivity index (χ3v) is 5.67. The summed E-state index contributed by atoms with van der Waals surface area (Å²) in [5.74, 6) is 0.139. The van der Waals surface area contributed by atoms with Gasteiger partial charge in [0.2, 0.25) is 5.91 Å². The number of hydrogen-bond donors (Lipinski definition) is 0. The molecule has 2 aromatic carbocycles. The van der Waals surface area contributed by atoms with Crippen molar-refractivity contribution in [1.29, 1.82) is 0 Å². The molecule has 0 spiro atoms. The third kappa shape index (κ3) is 4.79. The molecule has 2 amide bonds. The monoisotopic (exact) mass is 411 g/mol. The van der Waals surface area contributed by atoms with Crippen LogP contribution in [0.2, 0.25) is 0 Å². The van der Waals surface area contributed by atoms with Crippen molar-refractivity contribution in [2.75, 3.05) is 50.8 Å². The minimum Gasteiger partial charge on any atom is -0.484 e. The summed E-state index contributed by atoms with van der Waals surface area (Å²) in [6.07, 6.45) is 2.00. The Morgan fingerprint density at radius 1 is 0.900 bits per heavy atom. The lowest BCUT2D eigenvalue weighted by Gasteiger charge is -2.36. The Hall–Kier alpha value is -2.93. The number of hydrogen-bond acceptors (Lipinski definition) is 4. The molecular formula is C23H26FN3O3. The Kier molecular flexibility index (Phi) is 6.28. The lowest BCUT2D eigenvalue weighted by molar-refractivity contribution is -0.135. The number of anilines is 1. The van der Waals surface area contributed by atoms with E-state index < -0.39 is 0 Å². The zero-order valence-corrected chi connectivity index (χ0v) is 16.9. The van der Waals surface area contributed by atoms with Gasteiger partial charge in [-0.1, -0.05) is 18.2 Å². The van der Waals surface area contributed by atoms with Crippen LogP contribution >= 0.6 is 0 Å². The van der Waals surface area contributed by atoms with Crippen LogP contribution in [0.25, 0.3) is 0 Å². The van der Waals surface area contributed by atoms with Crippen molar-refractivity contribution in [1.82, 2.24) is 9.80 Å². The van der Waals surface area contributed by atoms with E-state index in [2.05, 4.69) is 11.0 Å². The van der Waals surface area contributed by atoms with Crippen molar-refractivity contribution >= 4 is 17.5 Å². The molecule has 0 bridgehead atoms. The molecule has 30 heavy (non-hydrogen) atoms. The van der Waals surface area contributed by atoms with Gasteiger partial charge in [0.25, 0.3) is 5.91 Å². The normalized spacial score (nSPS) is 16.8. The van der Waals surface area contributed by atoms with Crippen molar-refractivity contribution in [3.05, 3.63) is 59.9 Å². The first-order valence-corrected chi connectivity index (χ1v) is 10.4. The molecule has 1 saturated heterocycles. The lowest BCUT2D eigenvalue weighted by Crippen LogP contribution is -2.52. The van der Waals surface area contributed by atoms with E-state index in [1.54, 1.807) is 4.90 Å². The smallest absolute Gasteiger partial charge is 0.260 e. The van der Waals surface area contributed by atoms with E-state index in [9.17, 15) is 14.0 Å². The molecule has 7 heteroatoms. The molecule has 2 aromatic rings. The first-order valence-electron chi connectivity index (χ1n) is 10.4. The Morgan fingerprint density at radius 2 is 1.63 bits per heavy atom. The molecule has 0 radical (unpaired) electrons. The van der Waals surface area contributed by atoms with E-state index in [0.717, 1.165) is 25.1 Å². The van der Waals surface area contributed by atoms with Crippen LogP contribution in [0.4, 0.5) is 10.1 Å². The largest absolute Gasteiger partial charge is 0.484 e. The van der Waals surface area contributed by atoms with Gasteiger partial charge in [-0.3, -0.25) is 14.5 Å². The van der Waals surface area contributed by atoms with Crippen LogP contribution in [0.1, 0.15) is 12.0 Å². The SMILES string of the molecule is O=C(COc1ccc(F)cc1)N1CCN(CC(=O)N2CCCc3ccccc32)CC1. The second kappa shape index (κ2) is 9.26. The summed E-state index contributed by atoms with van der Waals surface area (Å²) in [7, 11) is 0. The first-order chi connectivity index (χ1) is 14.6. The van der Waals surface area contributed by atoms with Gasteiger partial charge in [-0.05, 0) is 48.7 Å². The van der Waals surface area contributed by atoms with Crippen LogP contribution in [-0.2, 0) is 16.0 Å². The lowest BCUT2D eigenvalue weighted by atomic mass is 10.0. The van der Waals surface area contributed by atoms with Gasteiger partial charge < -0.3 is 14.5 Å². The topological polar surface area (TPSA) is 53.1 Å². The molecular weight excluding hydrogens is 385 g/mol. The highest BCUT2D eigenvalue weighted by Gasteiger charge is 2.27. The number of carbonyl (C=O) groups is 2. The number of halogens is 1. The van der Waals surface area contributed by atoms with E-state index in [1.165, 1.54) is 29.8 Å². The van der Waals surface area contributed by atoms with Gasteiger partial charge in [-0.2, -0.15) is 0 Å². The van der Waals surface area contributed by atoms with Gasteiger partial charge >= 0.3 is 0 Å². The van der Waals surface area contributed by atoms with Gasteiger partial charge in [0.05, 0.1) is 6.54 Å². The Labute approximate surface area is 175 Å². The Morgan fingerprint density at radius 3 is 2.40 bits per heavy atom. The predicted octanol–water partition coefficient (Wildman–Crippen LogP) is 2.33. The number of benzene rings is 2. The highest BCUT2D eigenvalue weighted by atomic mass is 19.1. The molecule has 0 N–H and O–H groups in total. The van der Waals surface area contributed by atoms with Crippen molar-refractivity contribution < 1.29 is 18.7 Å². The zero-order valence-electron chi connectivity index (χ0n) is 16.9. The van der Waals surface area contributed by atoms with Crippen LogP contribution < -0.4 is 9.64 Å². The molecule has 0 unspecified atom stereocenters. The van der Waals surface area contributed by atoms with Crippen molar-refractivity contribution in [2.45, 2.75) is 12.8 Å². The standard InChI is InChI=1S/C23H26FN3O3/c24-19-7-9-20(10-8-19)30-17-23(29)26-14-12-25(13-15-26)16-22(28)27-11-3-5-18-4-1-2-6-21(18)27/h1-2,4,6-10H,3,5,11-17H2. The molecule has 2 heterocycles. The third-order valence-electron chi connectivity index (χ3n) is 5.67. The maximum atomic E-state index is 12.9. The minimum atomic E-state index is -0.340. The molecule has 6 nitrogen and oxygen atoms in total. The molecule has 0 aliphatic carbocycles. The highest BCUT2D eigenvalue weighted by molar-refractivity contribution is 5.96. The van der Waals surface area contributed by atoms with Crippen molar-refractivity contribution in [2.24, 2.45) is 0 Å². The number of ether oxygens (including phenoxy) is 1. The van der Waals surface area contributed by atoms with Crippen LogP contribution in [0.5, 0.6) is 5.75 Å². The second-order valence-corrected chi connectivity index (χ2v) is 7.68. The number of carbonyl (C=O) groups excluding carboxylic acids is 2. The molecule has 0 saturated carbocycles. The van der Waals surface area contributed by atoms with Crippen LogP contribution in [0, 0.1) is 5.82 Å². The van der Waals surface area contributed by atoms with E-state index in [1.807, 2.05) is 23.1 Å². The predicted molar refractivity (Wildman–Crippen MR) is 112 cm³/mol. The Balaban J connectivity index is 1.24. The fourth-order valence-corrected chi connectivity index (χ4v) is 3.99. The van der Waals surface area contributed by atoms with E-state index >= 15 is 0 Å². The zero-order chi connectivity index (χ0) is 20.9. The van der Waals surface area contributed by atoms with Gasteiger partial charge in [0.15, 0.2) is 6.61 Å². The van der Waals surface area contributed by atoms with Gasteiger partial charge in [0.1, 0.15) is 11.6 Å². The number of fused-ring (bicyclic) bond motifs is 1. The van der Waals surface area contributed by atoms with Crippen LogP contribution in [0.15, 0.2) is 48.5 Å². The average Bonchev–Trinajstić information content (AvgIpc) is 2.78. The quantitative estimate of drug-likeness (QED) is 0.758. The summed E-state index contributed by atoms with van der Waals surface area (Å²) in [5, 5.41) is 0. The fourth-order valence-electron chi connectivity index (χ4n) is 3.99.